The summed E-state index contributed by atoms with van der Waals surface area (Å²) in [6.07, 6.45) is 61.7. The quantitative estimate of drug-likeness (QED) is 0.0200. The van der Waals surface area contributed by atoms with Crippen molar-refractivity contribution in [3.05, 3.63) is 72.9 Å². The van der Waals surface area contributed by atoms with E-state index in [-0.39, 0.29) is 31.1 Å². The Labute approximate surface area is 376 Å². The molecule has 0 saturated heterocycles. The lowest BCUT2D eigenvalue weighted by molar-refractivity contribution is -0.167. The second-order valence-electron chi connectivity index (χ2n) is 16.7. The normalized spacial score (nSPS) is 12.6. The van der Waals surface area contributed by atoms with E-state index >= 15 is 0 Å². The van der Waals surface area contributed by atoms with Gasteiger partial charge in [-0.15, -0.1) is 0 Å². The van der Waals surface area contributed by atoms with E-state index in [0.29, 0.717) is 19.3 Å². The van der Waals surface area contributed by atoms with Gasteiger partial charge in [0.05, 0.1) is 0 Å². The summed E-state index contributed by atoms with van der Waals surface area (Å²) in [7, 11) is 0. The monoisotopic (exact) mass is 851 g/mol. The maximum absolute atomic E-state index is 12.8. The molecule has 0 saturated carbocycles. The van der Waals surface area contributed by atoms with Crippen LogP contribution < -0.4 is 0 Å². The standard InChI is InChI=1S/C55H94O6/c1-4-7-10-13-16-19-22-25-27-29-30-33-36-39-42-45-48-54(57)60-51-52(50-59-53(56)47-44-41-38-35-32-24-21-18-15-12-9-6-3)61-55(58)49-46-43-40-37-34-31-28-26-23-20-17-14-11-8-5-2/h8-9,11-12,14,17-18,20-21,23,27,29,52H,4-7,10,13,15-16,19,22,24-26,28,30-51H2,1-3H3/b11-8-,12-9-,17-14-,21-18-,23-20-,29-27-. The summed E-state index contributed by atoms with van der Waals surface area (Å²) in [4.78, 5) is 37.9. The summed E-state index contributed by atoms with van der Waals surface area (Å²) in [6.45, 7) is 6.37. The molecule has 0 heterocycles. The van der Waals surface area contributed by atoms with Crippen molar-refractivity contribution in [2.24, 2.45) is 0 Å². The molecule has 0 radical (unpaired) electrons. The number of rotatable bonds is 45. The lowest BCUT2D eigenvalue weighted by Gasteiger charge is -2.18. The number of unbranched alkanes of at least 4 members (excludes halogenated alkanes) is 24. The van der Waals surface area contributed by atoms with Gasteiger partial charge in [0.25, 0.3) is 0 Å². The van der Waals surface area contributed by atoms with Gasteiger partial charge in [0.15, 0.2) is 6.10 Å². The topological polar surface area (TPSA) is 78.9 Å². The average Bonchev–Trinajstić information content (AvgIpc) is 3.26. The maximum atomic E-state index is 12.8. The van der Waals surface area contributed by atoms with Crippen LogP contribution >= 0.6 is 0 Å². The molecular formula is C55H94O6. The molecular weight excluding hydrogens is 757 g/mol. The van der Waals surface area contributed by atoms with Crippen LogP contribution in [0.5, 0.6) is 0 Å². The highest BCUT2D eigenvalue weighted by molar-refractivity contribution is 5.71. The molecule has 1 unspecified atom stereocenters. The Hall–Kier alpha value is -3.15. The molecule has 0 aliphatic carbocycles. The van der Waals surface area contributed by atoms with E-state index in [1.54, 1.807) is 0 Å². The van der Waals surface area contributed by atoms with Gasteiger partial charge < -0.3 is 14.2 Å². The maximum Gasteiger partial charge on any atom is 0.306 e. The molecule has 0 N–H and O–H groups in total. The van der Waals surface area contributed by atoms with Crippen LogP contribution in [0.15, 0.2) is 72.9 Å². The van der Waals surface area contributed by atoms with E-state index < -0.39 is 6.10 Å². The molecule has 0 aromatic heterocycles. The lowest BCUT2D eigenvalue weighted by Crippen LogP contribution is -2.30. The number of ether oxygens (including phenoxy) is 3. The third-order valence-corrected chi connectivity index (χ3v) is 10.7. The summed E-state index contributed by atoms with van der Waals surface area (Å²) in [6, 6.07) is 0. The van der Waals surface area contributed by atoms with Crippen LogP contribution in [0, 0.1) is 0 Å². The average molecular weight is 851 g/mol. The zero-order valence-corrected chi connectivity index (χ0v) is 39.9. The van der Waals surface area contributed by atoms with Crippen molar-refractivity contribution in [1.29, 1.82) is 0 Å². The highest BCUT2D eigenvalue weighted by Gasteiger charge is 2.19. The summed E-state index contributed by atoms with van der Waals surface area (Å²) >= 11 is 0. The molecule has 0 aliphatic rings. The Balaban J connectivity index is 4.41. The molecule has 0 bridgehead atoms. The van der Waals surface area contributed by atoms with Crippen LogP contribution in [-0.4, -0.2) is 37.2 Å². The van der Waals surface area contributed by atoms with E-state index in [1.807, 2.05) is 0 Å². The van der Waals surface area contributed by atoms with Crippen LogP contribution in [-0.2, 0) is 28.6 Å². The zero-order chi connectivity index (χ0) is 44.4. The Morgan fingerprint density at radius 1 is 0.361 bits per heavy atom. The van der Waals surface area contributed by atoms with Gasteiger partial charge in [0, 0.05) is 19.3 Å². The molecule has 0 fully saturated rings. The highest BCUT2D eigenvalue weighted by atomic mass is 16.6. The first-order chi connectivity index (χ1) is 30.0. The molecule has 350 valence electrons. The van der Waals surface area contributed by atoms with Crippen LogP contribution in [0.1, 0.15) is 239 Å². The van der Waals surface area contributed by atoms with Crippen LogP contribution in [0.3, 0.4) is 0 Å². The van der Waals surface area contributed by atoms with Gasteiger partial charge in [-0.25, -0.2) is 0 Å². The Morgan fingerprint density at radius 3 is 1.18 bits per heavy atom. The van der Waals surface area contributed by atoms with Gasteiger partial charge in [-0.2, -0.15) is 0 Å². The van der Waals surface area contributed by atoms with Crippen molar-refractivity contribution in [2.45, 2.75) is 245 Å². The third kappa shape index (κ3) is 47.7. The van der Waals surface area contributed by atoms with Crippen molar-refractivity contribution in [3.8, 4) is 0 Å². The SMILES string of the molecule is CC\C=C/C=C\C=C/CCCCCCCCCC(=O)OC(COC(=O)CCCCCCC/C=C\C/C=C\CC)COC(=O)CCCCCCC/C=C\CCCCCCCCC. The molecule has 6 heteroatoms. The van der Waals surface area contributed by atoms with Gasteiger partial charge in [-0.1, -0.05) is 203 Å². The predicted octanol–water partition coefficient (Wildman–Crippen LogP) is 16.6. The first-order valence-electron chi connectivity index (χ1n) is 25.5. The number of hydrogen-bond donors (Lipinski definition) is 0. The Bertz CT molecular complexity index is 1160. The third-order valence-electron chi connectivity index (χ3n) is 10.7. The summed E-state index contributed by atoms with van der Waals surface area (Å²) in [5.74, 6) is -0.924. The lowest BCUT2D eigenvalue weighted by atomic mass is 10.1. The second kappa shape index (κ2) is 49.5. The predicted molar refractivity (Wildman–Crippen MR) is 261 cm³/mol. The van der Waals surface area contributed by atoms with E-state index in [4.69, 9.17) is 14.2 Å². The van der Waals surface area contributed by atoms with Crippen LogP contribution in [0.25, 0.3) is 0 Å². The van der Waals surface area contributed by atoms with E-state index in [9.17, 15) is 14.4 Å². The fourth-order valence-corrected chi connectivity index (χ4v) is 6.94. The number of carbonyl (C=O) groups excluding carboxylic acids is 3. The largest absolute Gasteiger partial charge is 0.462 e. The van der Waals surface area contributed by atoms with Gasteiger partial charge >= 0.3 is 17.9 Å². The smallest absolute Gasteiger partial charge is 0.306 e. The first-order valence-corrected chi connectivity index (χ1v) is 25.5. The van der Waals surface area contributed by atoms with E-state index in [1.165, 1.54) is 89.9 Å². The number of hydrogen-bond acceptors (Lipinski definition) is 6. The van der Waals surface area contributed by atoms with Crippen molar-refractivity contribution in [1.82, 2.24) is 0 Å². The molecule has 0 aromatic carbocycles. The van der Waals surface area contributed by atoms with Gasteiger partial charge in [0.2, 0.25) is 0 Å². The molecule has 0 aromatic rings. The summed E-state index contributed by atoms with van der Waals surface area (Å²) in [5, 5.41) is 0. The molecule has 0 rings (SSSR count). The van der Waals surface area contributed by atoms with Crippen LogP contribution in [0.2, 0.25) is 0 Å². The highest BCUT2D eigenvalue weighted by Crippen LogP contribution is 2.14. The fraction of sp³-hybridized carbons (Fsp3) is 0.727. The summed E-state index contributed by atoms with van der Waals surface area (Å²) < 4.78 is 16.8. The van der Waals surface area contributed by atoms with Crippen LogP contribution in [0.4, 0.5) is 0 Å². The second-order valence-corrected chi connectivity index (χ2v) is 16.7. The van der Waals surface area contributed by atoms with E-state index in [0.717, 1.165) is 109 Å². The molecule has 6 nitrogen and oxygen atoms in total. The number of esters is 3. The zero-order valence-electron chi connectivity index (χ0n) is 39.9. The van der Waals surface area contributed by atoms with Gasteiger partial charge in [-0.3, -0.25) is 14.4 Å². The van der Waals surface area contributed by atoms with Crippen molar-refractivity contribution >= 4 is 17.9 Å². The Kier molecular flexibility index (Phi) is 46.9. The Morgan fingerprint density at radius 2 is 0.721 bits per heavy atom. The van der Waals surface area contributed by atoms with Gasteiger partial charge in [0.1, 0.15) is 13.2 Å². The molecule has 1 atom stereocenters. The number of carbonyl (C=O) groups is 3. The number of allylic oxidation sites excluding steroid dienone is 12. The minimum absolute atomic E-state index is 0.0895. The fourth-order valence-electron chi connectivity index (χ4n) is 6.94. The molecule has 0 amide bonds. The minimum atomic E-state index is -0.790. The molecule has 0 aliphatic heterocycles. The summed E-state index contributed by atoms with van der Waals surface area (Å²) in [5.41, 5.74) is 0. The van der Waals surface area contributed by atoms with Crippen molar-refractivity contribution in [3.63, 3.8) is 0 Å². The van der Waals surface area contributed by atoms with Gasteiger partial charge in [-0.05, 0) is 89.9 Å². The van der Waals surface area contributed by atoms with Crippen molar-refractivity contribution < 1.29 is 28.6 Å². The van der Waals surface area contributed by atoms with E-state index in [2.05, 4.69) is 93.7 Å². The van der Waals surface area contributed by atoms with Crippen molar-refractivity contribution in [2.75, 3.05) is 13.2 Å². The minimum Gasteiger partial charge on any atom is -0.462 e. The molecule has 0 spiro atoms. The molecule has 61 heavy (non-hydrogen) atoms. The first kappa shape index (κ1) is 57.9.